The zero-order valence-electron chi connectivity index (χ0n) is 10.7. The van der Waals surface area contributed by atoms with Gasteiger partial charge in [-0.25, -0.2) is 4.98 Å². The van der Waals surface area contributed by atoms with E-state index in [2.05, 4.69) is 10.3 Å². The highest BCUT2D eigenvalue weighted by molar-refractivity contribution is 7.13. The third kappa shape index (κ3) is 2.54. The van der Waals surface area contributed by atoms with Gasteiger partial charge in [-0.3, -0.25) is 4.79 Å². The Bertz CT molecular complexity index is 584. The van der Waals surface area contributed by atoms with Gasteiger partial charge in [-0.1, -0.05) is 0 Å². The first-order valence-electron chi connectivity index (χ1n) is 6.26. The number of furan rings is 1. The Balaban J connectivity index is 1.79. The fourth-order valence-corrected chi connectivity index (χ4v) is 2.82. The number of nitrogens with one attached hydrogen (secondary N) is 1. The number of piperazine rings is 1. The van der Waals surface area contributed by atoms with E-state index in [-0.39, 0.29) is 5.91 Å². The molecule has 0 radical (unpaired) electrons. The number of hydrogen-bond acceptors (Lipinski definition) is 5. The largest absolute Gasteiger partial charge is 0.459 e. The number of carbonyl (C=O) groups excluding carboxylic acids is 1. The normalized spacial score (nSPS) is 15.7. The SMILES string of the molecule is Cc1ccc(-c2nc(C(=O)N3CCNCC3)cs2)o1. The van der Waals surface area contributed by atoms with Crippen LogP contribution in [-0.2, 0) is 0 Å². The molecule has 1 aliphatic heterocycles. The second-order valence-corrected chi connectivity index (χ2v) is 5.35. The molecule has 1 N–H and O–H groups in total. The van der Waals surface area contributed by atoms with Crippen molar-refractivity contribution in [1.29, 1.82) is 0 Å². The Morgan fingerprint density at radius 2 is 2.21 bits per heavy atom. The minimum Gasteiger partial charge on any atom is -0.459 e. The Hall–Kier alpha value is -1.66. The van der Waals surface area contributed by atoms with E-state index in [9.17, 15) is 4.79 Å². The molecule has 2 aromatic heterocycles. The van der Waals surface area contributed by atoms with E-state index < -0.39 is 0 Å². The zero-order valence-corrected chi connectivity index (χ0v) is 11.5. The highest BCUT2D eigenvalue weighted by Gasteiger charge is 2.21. The van der Waals surface area contributed by atoms with Crippen LogP contribution in [0, 0.1) is 6.92 Å². The van der Waals surface area contributed by atoms with E-state index in [4.69, 9.17) is 4.42 Å². The number of nitrogens with zero attached hydrogens (tertiary/aromatic N) is 2. The molecule has 0 unspecified atom stereocenters. The summed E-state index contributed by atoms with van der Waals surface area (Å²) in [7, 11) is 0. The lowest BCUT2D eigenvalue weighted by molar-refractivity contribution is 0.0731. The monoisotopic (exact) mass is 277 g/mol. The maximum atomic E-state index is 12.3. The molecule has 3 heterocycles. The summed E-state index contributed by atoms with van der Waals surface area (Å²) >= 11 is 1.44. The number of hydrogen-bond donors (Lipinski definition) is 1. The maximum Gasteiger partial charge on any atom is 0.273 e. The van der Waals surface area contributed by atoms with E-state index in [1.54, 1.807) is 5.38 Å². The fourth-order valence-electron chi connectivity index (χ4n) is 2.06. The number of aryl methyl sites for hydroxylation is 1. The molecule has 6 heteroatoms. The molecule has 0 bridgehead atoms. The van der Waals surface area contributed by atoms with Crippen LogP contribution >= 0.6 is 11.3 Å². The molecule has 0 atom stereocenters. The number of amides is 1. The van der Waals surface area contributed by atoms with Crippen LogP contribution in [0.15, 0.2) is 21.9 Å². The fraction of sp³-hybridized carbons (Fsp3) is 0.385. The number of carbonyl (C=O) groups is 1. The molecule has 1 aliphatic rings. The first kappa shape index (κ1) is 12.4. The maximum absolute atomic E-state index is 12.3. The molecule has 1 saturated heterocycles. The van der Waals surface area contributed by atoms with Crippen molar-refractivity contribution in [3.05, 3.63) is 29.0 Å². The van der Waals surface area contributed by atoms with Crippen molar-refractivity contribution in [2.75, 3.05) is 26.2 Å². The molecule has 0 spiro atoms. The molecular formula is C13H15N3O2S. The van der Waals surface area contributed by atoms with E-state index >= 15 is 0 Å². The number of thiazole rings is 1. The zero-order chi connectivity index (χ0) is 13.2. The molecule has 2 aromatic rings. The van der Waals surface area contributed by atoms with E-state index in [0.717, 1.165) is 42.7 Å². The van der Waals surface area contributed by atoms with Crippen molar-refractivity contribution in [3.8, 4) is 10.8 Å². The van der Waals surface area contributed by atoms with E-state index in [0.29, 0.717) is 5.69 Å². The van der Waals surface area contributed by atoms with Crippen LogP contribution in [-0.4, -0.2) is 42.0 Å². The van der Waals surface area contributed by atoms with Gasteiger partial charge in [0.15, 0.2) is 10.8 Å². The standard InChI is InChI=1S/C13H15N3O2S/c1-9-2-3-11(18-9)12-15-10(8-19-12)13(17)16-6-4-14-5-7-16/h2-3,8,14H,4-7H2,1H3. The number of rotatable bonds is 2. The quantitative estimate of drug-likeness (QED) is 0.908. The lowest BCUT2D eigenvalue weighted by Crippen LogP contribution is -2.46. The molecular weight excluding hydrogens is 262 g/mol. The molecule has 0 saturated carbocycles. The van der Waals surface area contributed by atoms with Crippen molar-refractivity contribution in [2.24, 2.45) is 0 Å². The second-order valence-electron chi connectivity index (χ2n) is 4.49. The molecule has 0 aliphatic carbocycles. The average Bonchev–Trinajstić information content (AvgIpc) is 3.07. The second kappa shape index (κ2) is 5.14. The lowest BCUT2D eigenvalue weighted by atomic mass is 10.3. The van der Waals surface area contributed by atoms with Gasteiger partial charge in [-0.2, -0.15) is 0 Å². The van der Waals surface area contributed by atoms with Crippen LogP contribution in [0.4, 0.5) is 0 Å². The van der Waals surface area contributed by atoms with Gasteiger partial charge >= 0.3 is 0 Å². The summed E-state index contributed by atoms with van der Waals surface area (Å²) in [6.45, 7) is 5.07. The number of aromatic nitrogens is 1. The topological polar surface area (TPSA) is 58.4 Å². The van der Waals surface area contributed by atoms with Gasteiger partial charge in [0.1, 0.15) is 11.5 Å². The summed E-state index contributed by atoms with van der Waals surface area (Å²) in [4.78, 5) is 18.5. The predicted octanol–water partition coefficient (Wildman–Crippen LogP) is 1.76. The summed E-state index contributed by atoms with van der Waals surface area (Å²) in [6.07, 6.45) is 0. The smallest absolute Gasteiger partial charge is 0.273 e. The van der Waals surface area contributed by atoms with Gasteiger partial charge in [0.2, 0.25) is 0 Å². The Labute approximate surface area is 115 Å². The van der Waals surface area contributed by atoms with Crippen LogP contribution in [0.5, 0.6) is 0 Å². The summed E-state index contributed by atoms with van der Waals surface area (Å²) < 4.78 is 5.52. The Kier molecular flexibility index (Phi) is 3.35. The predicted molar refractivity (Wildman–Crippen MR) is 73.3 cm³/mol. The molecule has 19 heavy (non-hydrogen) atoms. The van der Waals surface area contributed by atoms with Crippen molar-refractivity contribution in [1.82, 2.24) is 15.2 Å². The summed E-state index contributed by atoms with van der Waals surface area (Å²) in [6, 6.07) is 3.78. The van der Waals surface area contributed by atoms with E-state index in [1.165, 1.54) is 11.3 Å². The highest BCUT2D eigenvalue weighted by atomic mass is 32.1. The average molecular weight is 277 g/mol. The molecule has 5 nitrogen and oxygen atoms in total. The summed E-state index contributed by atoms with van der Waals surface area (Å²) in [5, 5.41) is 5.79. The van der Waals surface area contributed by atoms with Crippen LogP contribution in [0.3, 0.4) is 0 Å². The van der Waals surface area contributed by atoms with Gasteiger partial charge in [-0.15, -0.1) is 11.3 Å². The third-order valence-electron chi connectivity index (χ3n) is 3.08. The Morgan fingerprint density at radius 1 is 1.42 bits per heavy atom. The van der Waals surface area contributed by atoms with Gasteiger partial charge in [0.25, 0.3) is 5.91 Å². The van der Waals surface area contributed by atoms with Gasteiger partial charge in [0.05, 0.1) is 0 Å². The van der Waals surface area contributed by atoms with Gasteiger partial charge in [-0.05, 0) is 19.1 Å². The minimum absolute atomic E-state index is 0.00674. The van der Waals surface area contributed by atoms with Crippen molar-refractivity contribution >= 4 is 17.2 Å². The van der Waals surface area contributed by atoms with Gasteiger partial charge in [0, 0.05) is 31.6 Å². The van der Waals surface area contributed by atoms with Crippen LogP contribution in [0.25, 0.3) is 10.8 Å². The summed E-state index contributed by atoms with van der Waals surface area (Å²) in [5.41, 5.74) is 0.510. The van der Waals surface area contributed by atoms with Crippen LogP contribution in [0.1, 0.15) is 16.2 Å². The third-order valence-corrected chi connectivity index (χ3v) is 3.94. The first-order valence-corrected chi connectivity index (χ1v) is 7.14. The van der Waals surface area contributed by atoms with Crippen molar-refractivity contribution in [2.45, 2.75) is 6.92 Å². The molecule has 1 fully saturated rings. The summed E-state index contributed by atoms with van der Waals surface area (Å²) in [5.74, 6) is 1.58. The minimum atomic E-state index is 0.00674. The van der Waals surface area contributed by atoms with E-state index in [1.807, 2.05) is 24.0 Å². The van der Waals surface area contributed by atoms with Crippen molar-refractivity contribution in [3.63, 3.8) is 0 Å². The first-order chi connectivity index (χ1) is 9.24. The molecule has 100 valence electrons. The van der Waals surface area contributed by atoms with Crippen LogP contribution < -0.4 is 5.32 Å². The van der Waals surface area contributed by atoms with Gasteiger partial charge < -0.3 is 14.6 Å². The van der Waals surface area contributed by atoms with Crippen molar-refractivity contribution < 1.29 is 9.21 Å². The van der Waals surface area contributed by atoms with Crippen LogP contribution in [0.2, 0.25) is 0 Å². The molecule has 0 aromatic carbocycles. The highest BCUT2D eigenvalue weighted by Crippen LogP contribution is 2.26. The Morgan fingerprint density at radius 3 is 2.89 bits per heavy atom. The molecule has 1 amide bonds. The lowest BCUT2D eigenvalue weighted by Gasteiger charge is -2.26. The molecule has 3 rings (SSSR count).